The molecule has 0 aliphatic rings. The normalized spacial score (nSPS) is 11.8. The number of carboxylic acids is 1. The highest BCUT2D eigenvalue weighted by atomic mass is 19.1. The predicted octanol–water partition coefficient (Wildman–Crippen LogP) is 0.209. The van der Waals surface area contributed by atoms with E-state index in [-0.39, 0.29) is 11.4 Å². The Hall–Kier alpha value is -2.15. The maximum absolute atomic E-state index is 13.1. The van der Waals surface area contributed by atoms with Crippen molar-refractivity contribution < 1.29 is 23.8 Å². The largest absolute Gasteiger partial charge is 0.495 e. The molecule has 0 bridgehead atoms. The molecule has 0 radical (unpaired) electrons. The summed E-state index contributed by atoms with van der Waals surface area (Å²) in [4.78, 5) is 23.3. The molecule has 1 atom stereocenters. The highest BCUT2D eigenvalue weighted by molar-refractivity contribution is 6.09. The summed E-state index contributed by atoms with van der Waals surface area (Å²) in [7, 11) is 2.65. The lowest BCUT2D eigenvalue weighted by molar-refractivity contribution is -0.142. The van der Waals surface area contributed by atoms with E-state index in [0.717, 1.165) is 17.0 Å². The summed E-state index contributed by atoms with van der Waals surface area (Å²) >= 11 is 0. The number of nitrogens with two attached hydrogens (primary N) is 1. The number of aliphatic carboxylic acids is 1. The summed E-state index contributed by atoms with van der Waals surface area (Å²) in [5.74, 6) is -2.66. The van der Waals surface area contributed by atoms with Crippen LogP contribution in [-0.2, 0) is 9.59 Å². The van der Waals surface area contributed by atoms with Crippen LogP contribution in [0.1, 0.15) is 0 Å². The second kappa shape index (κ2) is 5.46. The number of likely N-dealkylation sites (N-methyl/N-ethyl adjacent to an activating group) is 1. The average molecular weight is 256 g/mol. The molecule has 7 heteroatoms. The lowest BCUT2D eigenvalue weighted by atomic mass is 10.2. The number of halogens is 1. The highest BCUT2D eigenvalue weighted by Crippen LogP contribution is 2.28. The van der Waals surface area contributed by atoms with Crippen LogP contribution < -0.4 is 15.4 Å². The summed E-state index contributed by atoms with van der Waals surface area (Å²) in [6.45, 7) is 0. The van der Waals surface area contributed by atoms with Gasteiger partial charge in [0, 0.05) is 13.1 Å². The minimum absolute atomic E-state index is 0.110. The van der Waals surface area contributed by atoms with E-state index in [1.54, 1.807) is 0 Å². The smallest absolute Gasteiger partial charge is 0.330 e. The van der Waals surface area contributed by atoms with E-state index in [0.29, 0.717) is 0 Å². The van der Waals surface area contributed by atoms with Gasteiger partial charge in [-0.15, -0.1) is 0 Å². The molecule has 1 rings (SSSR count). The molecule has 1 unspecified atom stereocenters. The van der Waals surface area contributed by atoms with Crippen LogP contribution in [0.2, 0.25) is 0 Å². The quantitative estimate of drug-likeness (QED) is 0.751. The molecule has 0 spiro atoms. The number of carboxylic acid groups (broad SMARTS) is 1. The van der Waals surface area contributed by atoms with Crippen LogP contribution in [0, 0.1) is 5.82 Å². The van der Waals surface area contributed by atoms with Crippen molar-refractivity contribution in [3.05, 3.63) is 24.0 Å². The van der Waals surface area contributed by atoms with Gasteiger partial charge in [-0.2, -0.15) is 0 Å². The predicted molar refractivity (Wildman–Crippen MR) is 62.0 cm³/mol. The summed E-state index contributed by atoms with van der Waals surface area (Å²) in [6.07, 6.45) is 0. The fourth-order valence-corrected chi connectivity index (χ4v) is 1.36. The molecule has 0 aromatic heterocycles. The number of methoxy groups -OCH3 is 1. The summed E-state index contributed by atoms with van der Waals surface area (Å²) in [5, 5.41) is 8.65. The Kier molecular flexibility index (Phi) is 4.22. The number of carbonyl (C=O) groups is 2. The molecule has 18 heavy (non-hydrogen) atoms. The van der Waals surface area contributed by atoms with E-state index >= 15 is 0 Å². The van der Waals surface area contributed by atoms with Crippen LogP contribution in [0.5, 0.6) is 5.75 Å². The average Bonchev–Trinajstić information content (AvgIpc) is 2.35. The van der Waals surface area contributed by atoms with Gasteiger partial charge in [0.2, 0.25) is 0 Å². The maximum Gasteiger partial charge on any atom is 0.330 e. The second-order valence-electron chi connectivity index (χ2n) is 3.53. The molecule has 1 aromatic rings. The van der Waals surface area contributed by atoms with E-state index < -0.39 is 23.7 Å². The number of rotatable bonds is 4. The number of ether oxygens (including phenoxy) is 1. The van der Waals surface area contributed by atoms with E-state index in [1.807, 2.05) is 0 Å². The lowest BCUT2D eigenvalue weighted by Gasteiger charge is -2.21. The zero-order valence-corrected chi connectivity index (χ0v) is 9.88. The number of carbonyl (C=O) groups excluding carboxylic acids is 1. The molecule has 0 saturated carbocycles. The summed E-state index contributed by atoms with van der Waals surface area (Å²) < 4.78 is 18.1. The van der Waals surface area contributed by atoms with Crippen molar-refractivity contribution >= 4 is 17.6 Å². The third-order valence-corrected chi connectivity index (χ3v) is 2.36. The molecule has 0 aliphatic carbocycles. The van der Waals surface area contributed by atoms with Gasteiger partial charge in [0.15, 0.2) is 6.04 Å². The van der Waals surface area contributed by atoms with Crippen LogP contribution in [0.4, 0.5) is 10.1 Å². The third kappa shape index (κ3) is 2.75. The van der Waals surface area contributed by atoms with E-state index in [4.69, 9.17) is 15.6 Å². The van der Waals surface area contributed by atoms with Gasteiger partial charge in [0.25, 0.3) is 5.91 Å². The molecule has 98 valence electrons. The Morgan fingerprint density at radius 3 is 2.61 bits per heavy atom. The van der Waals surface area contributed by atoms with Gasteiger partial charge < -0.3 is 20.5 Å². The van der Waals surface area contributed by atoms with Crippen LogP contribution in [0.15, 0.2) is 18.2 Å². The van der Waals surface area contributed by atoms with E-state index in [2.05, 4.69) is 0 Å². The summed E-state index contributed by atoms with van der Waals surface area (Å²) in [5.41, 5.74) is 5.31. The van der Waals surface area contributed by atoms with E-state index in [9.17, 15) is 14.0 Å². The standard InChI is InChI=1S/C11H13FN2O4/c1-14(10(15)9(13)11(16)17)7-5-6(12)3-4-8(7)18-2/h3-5,9H,13H2,1-2H3,(H,16,17). The second-order valence-corrected chi connectivity index (χ2v) is 3.53. The van der Waals surface area contributed by atoms with Crippen molar-refractivity contribution in [2.24, 2.45) is 5.73 Å². The SMILES string of the molecule is COc1ccc(F)cc1N(C)C(=O)C(N)C(=O)O. The summed E-state index contributed by atoms with van der Waals surface area (Å²) in [6, 6.07) is 1.85. The van der Waals surface area contributed by atoms with Gasteiger partial charge in [-0.3, -0.25) is 4.79 Å². The first kappa shape index (κ1) is 13.9. The van der Waals surface area contributed by atoms with Crippen molar-refractivity contribution in [2.75, 3.05) is 19.1 Å². The van der Waals surface area contributed by atoms with E-state index in [1.165, 1.54) is 20.2 Å². The van der Waals surface area contributed by atoms with Crippen molar-refractivity contribution in [1.82, 2.24) is 0 Å². The molecule has 0 fully saturated rings. The zero-order chi connectivity index (χ0) is 13.9. The molecule has 3 N–H and O–H groups in total. The monoisotopic (exact) mass is 256 g/mol. The van der Waals surface area contributed by atoms with Crippen LogP contribution in [0.3, 0.4) is 0 Å². The van der Waals surface area contributed by atoms with Gasteiger partial charge in [0.05, 0.1) is 12.8 Å². The van der Waals surface area contributed by atoms with Crippen LogP contribution >= 0.6 is 0 Å². The molecule has 6 nitrogen and oxygen atoms in total. The topological polar surface area (TPSA) is 92.9 Å². The number of benzene rings is 1. The molecule has 1 amide bonds. The van der Waals surface area contributed by atoms with Gasteiger partial charge in [0.1, 0.15) is 11.6 Å². The maximum atomic E-state index is 13.1. The van der Waals surface area contributed by atoms with Crippen LogP contribution in [0.25, 0.3) is 0 Å². The number of anilines is 1. The molecular weight excluding hydrogens is 243 g/mol. The minimum atomic E-state index is -1.71. The van der Waals surface area contributed by atoms with Gasteiger partial charge >= 0.3 is 5.97 Å². The zero-order valence-electron chi connectivity index (χ0n) is 9.88. The molecule has 0 saturated heterocycles. The number of amides is 1. The first-order valence-corrected chi connectivity index (χ1v) is 4.98. The lowest BCUT2D eigenvalue weighted by Crippen LogP contribution is -2.47. The molecule has 0 aliphatic heterocycles. The Morgan fingerprint density at radius 2 is 2.11 bits per heavy atom. The molecule has 0 heterocycles. The molecule has 1 aromatic carbocycles. The van der Waals surface area contributed by atoms with Crippen molar-refractivity contribution in [3.8, 4) is 5.75 Å². The highest BCUT2D eigenvalue weighted by Gasteiger charge is 2.27. The minimum Gasteiger partial charge on any atom is -0.495 e. The van der Waals surface area contributed by atoms with Crippen LogP contribution in [-0.4, -0.2) is 37.2 Å². The Morgan fingerprint density at radius 1 is 1.50 bits per heavy atom. The number of nitrogens with zero attached hydrogens (tertiary/aromatic N) is 1. The van der Waals surface area contributed by atoms with Gasteiger partial charge in [-0.25, -0.2) is 9.18 Å². The number of hydrogen-bond acceptors (Lipinski definition) is 4. The fourth-order valence-electron chi connectivity index (χ4n) is 1.36. The van der Waals surface area contributed by atoms with Crippen molar-refractivity contribution in [1.29, 1.82) is 0 Å². The van der Waals surface area contributed by atoms with Gasteiger partial charge in [-0.05, 0) is 12.1 Å². The first-order chi connectivity index (χ1) is 8.38. The number of hydrogen-bond donors (Lipinski definition) is 2. The Bertz CT molecular complexity index is 478. The molecular formula is C11H13FN2O4. The fraction of sp³-hybridized carbons (Fsp3) is 0.273. The first-order valence-electron chi connectivity index (χ1n) is 4.98. The third-order valence-electron chi connectivity index (χ3n) is 2.36. The Balaban J connectivity index is 3.10. The van der Waals surface area contributed by atoms with Crippen molar-refractivity contribution in [3.63, 3.8) is 0 Å². The Labute approximate surface area is 103 Å². The van der Waals surface area contributed by atoms with Gasteiger partial charge in [-0.1, -0.05) is 0 Å². The van der Waals surface area contributed by atoms with Crippen molar-refractivity contribution in [2.45, 2.75) is 6.04 Å².